The van der Waals surface area contributed by atoms with Crippen LogP contribution in [-0.2, 0) is 0 Å². The van der Waals surface area contributed by atoms with Crippen molar-refractivity contribution in [1.82, 2.24) is 0 Å². The Morgan fingerprint density at radius 1 is 0.703 bits per heavy atom. The number of halogens is 1. The number of thiophene rings is 1. The van der Waals surface area contributed by atoms with Gasteiger partial charge in [0, 0.05) is 15.3 Å². The molecule has 0 N–H and O–H groups in total. The molecule has 184 valence electrons. The van der Waals surface area contributed by atoms with Crippen LogP contribution >= 0.6 is 11.3 Å². The van der Waals surface area contributed by atoms with E-state index in [1.165, 1.54) is 4.88 Å². The smallest absolute Gasteiger partial charge is 0.131 e. The summed E-state index contributed by atoms with van der Waals surface area (Å²) in [6.45, 7) is 22.4. The van der Waals surface area contributed by atoms with Crippen LogP contribution in [0.15, 0.2) is 74.8 Å². The van der Waals surface area contributed by atoms with Gasteiger partial charge in [-0.15, -0.1) is 11.3 Å². The van der Waals surface area contributed by atoms with E-state index in [1.807, 2.05) is 68.5 Å². The second-order valence-electron chi connectivity index (χ2n) is 8.71. The van der Waals surface area contributed by atoms with Gasteiger partial charge in [0.15, 0.2) is 0 Å². The highest BCUT2D eigenvalue weighted by Crippen LogP contribution is 2.36. The second kappa shape index (κ2) is 10.9. The Labute approximate surface area is 223 Å². The van der Waals surface area contributed by atoms with E-state index in [0.717, 1.165) is 59.8 Å². The van der Waals surface area contributed by atoms with Gasteiger partial charge in [0.2, 0.25) is 0 Å². The summed E-state index contributed by atoms with van der Waals surface area (Å²) in [5, 5.41) is 1.97. The summed E-state index contributed by atoms with van der Waals surface area (Å²) in [7, 11) is 0. The summed E-state index contributed by atoms with van der Waals surface area (Å²) in [4.78, 5) is 2.25. The minimum atomic E-state index is -0.264. The topological polar surface area (TPSA) is 0 Å². The van der Waals surface area contributed by atoms with Gasteiger partial charge in [-0.2, -0.15) is 0 Å². The Morgan fingerprint density at radius 2 is 1.32 bits per heavy atom. The molecule has 0 unspecified atom stereocenters. The van der Waals surface area contributed by atoms with E-state index in [-0.39, 0.29) is 5.82 Å². The van der Waals surface area contributed by atoms with Gasteiger partial charge >= 0.3 is 0 Å². The first-order valence-corrected chi connectivity index (χ1v) is 13.1. The van der Waals surface area contributed by atoms with Crippen molar-refractivity contribution in [2.75, 3.05) is 0 Å². The van der Waals surface area contributed by atoms with Gasteiger partial charge in [0.05, 0.1) is 0 Å². The SMILES string of the molecule is C=Cc1cccc(-c2c(C=C)c(C=C)c(-c3ccc(-c4ccc(C)s4)cc3F)c(=C/C)/c2=C\C)c1C=C. The summed E-state index contributed by atoms with van der Waals surface area (Å²) in [6, 6.07) is 15.7. The molecule has 4 aromatic rings. The van der Waals surface area contributed by atoms with Crippen molar-refractivity contribution in [3.63, 3.8) is 0 Å². The molecule has 0 aliphatic heterocycles. The van der Waals surface area contributed by atoms with Gasteiger partial charge in [0.1, 0.15) is 5.82 Å². The fourth-order valence-electron chi connectivity index (χ4n) is 5.10. The Morgan fingerprint density at radius 3 is 1.81 bits per heavy atom. The maximum absolute atomic E-state index is 15.9. The normalized spacial score (nSPS) is 12.0. The lowest BCUT2D eigenvalue weighted by Crippen LogP contribution is -2.31. The van der Waals surface area contributed by atoms with Crippen molar-refractivity contribution in [2.45, 2.75) is 20.8 Å². The average molecular weight is 503 g/mol. The van der Waals surface area contributed by atoms with Gasteiger partial charge in [0.25, 0.3) is 0 Å². The molecular weight excluding hydrogens is 471 g/mol. The molecule has 2 heteroatoms. The molecule has 1 aromatic heterocycles. The number of benzene rings is 3. The molecule has 4 rings (SSSR count). The molecule has 0 radical (unpaired) electrons. The summed E-state index contributed by atoms with van der Waals surface area (Å²) in [6.07, 6.45) is 11.5. The first-order valence-electron chi connectivity index (χ1n) is 12.3. The third-order valence-electron chi connectivity index (χ3n) is 6.74. The lowest BCUT2D eigenvalue weighted by atomic mass is 9.83. The first kappa shape index (κ1) is 26.1. The Kier molecular flexibility index (Phi) is 7.71. The highest BCUT2D eigenvalue weighted by atomic mass is 32.1. The van der Waals surface area contributed by atoms with Gasteiger partial charge in [-0.05, 0) is 93.9 Å². The molecule has 0 amide bonds. The van der Waals surface area contributed by atoms with Crippen molar-refractivity contribution >= 4 is 47.8 Å². The molecule has 0 nitrogen and oxygen atoms in total. The van der Waals surface area contributed by atoms with Crippen LogP contribution in [0.1, 0.15) is 41.0 Å². The molecule has 0 saturated carbocycles. The molecule has 3 aromatic carbocycles. The highest BCUT2D eigenvalue weighted by molar-refractivity contribution is 7.15. The van der Waals surface area contributed by atoms with Crippen molar-refractivity contribution in [3.05, 3.63) is 118 Å². The van der Waals surface area contributed by atoms with E-state index in [1.54, 1.807) is 17.4 Å². The fourth-order valence-corrected chi connectivity index (χ4v) is 5.96. The van der Waals surface area contributed by atoms with Crippen molar-refractivity contribution in [3.8, 4) is 32.7 Å². The highest BCUT2D eigenvalue weighted by Gasteiger charge is 2.20. The first-order chi connectivity index (χ1) is 17.9. The number of rotatable bonds is 7. The molecular formula is C35H31FS. The van der Waals surface area contributed by atoms with E-state index in [0.29, 0.717) is 5.56 Å². The lowest BCUT2D eigenvalue weighted by Gasteiger charge is -2.20. The molecule has 0 saturated heterocycles. The van der Waals surface area contributed by atoms with E-state index in [9.17, 15) is 0 Å². The maximum Gasteiger partial charge on any atom is 0.131 e. The number of hydrogen-bond acceptors (Lipinski definition) is 1. The summed E-state index contributed by atoms with van der Waals surface area (Å²) in [5.74, 6) is -0.264. The van der Waals surface area contributed by atoms with Crippen LogP contribution in [0, 0.1) is 12.7 Å². The van der Waals surface area contributed by atoms with Crippen molar-refractivity contribution in [1.29, 1.82) is 0 Å². The zero-order valence-corrected chi connectivity index (χ0v) is 22.5. The van der Waals surface area contributed by atoms with Crippen LogP contribution < -0.4 is 10.4 Å². The van der Waals surface area contributed by atoms with Gasteiger partial charge < -0.3 is 0 Å². The van der Waals surface area contributed by atoms with Crippen molar-refractivity contribution < 1.29 is 4.39 Å². The molecule has 37 heavy (non-hydrogen) atoms. The van der Waals surface area contributed by atoms with Crippen LogP contribution in [0.5, 0.6) is 0 Å². The Hall–Kier alpha value is -4.01. The summed E-state index contributed by atoms with van der Waals surface area (Å²) >= 11 is 1.66. The monoisotopic (exact) mass is 502 g/mol. The predicted molar refractivity (Wildman–Crippen MR) is 165 cm³/mol. The quantitative estimate of drug-likeness (QED) is 0.236. The Bertz CT molecular complexity index is 1680. The fraction of sp³-hybridized carbons (Fsp3) is 0.0857. The van der Waals surface area contributed by atoms with Gasteiger partial charge in [-0.1, -0.05) is 93.1 Å². The van der Waals surface area contributed by atoms with Crippen LogP contribution in [0.2, 0.25) is 0 Å². The molecule has 0 aliphatic carbocycles. The molecule has 1 heterocycles. The summed E-state index contributed by atoms with van der Waals surface area (Å²) in [5.41, 5.74) is 8.03. The van der Waals surface area contributed by atoms with Gasteiger partial charge in [-0.25, -0.2) is 4.39 Å². The Balaban J connectivity index is 2.13. The molecule has 0 spiro atoms. The minimum absolute atomic E-state index is 0.264. The molecule has 0 aliphatic rings. The van der Waals surface area contributed by atoms with Crippen LogP contribution in [-0.4, -0.2) is 0 Å². The molecule has 0 atom stereocenters. The molecule has 0 fully saturated rings. The third kappa shape index (κ3) is 4.50. The predicted octanol–water partition coefficient (Wildman–Crippen LogP) is 9.37. The van der Waals surface area contributed by atoms with Crippen molar-refractivity contribution in [2.24, 2.45) is 0 Å². The average Bonchev–Trinajstić information content (AvgIpc) is 3.36. The van der Waals surface area contributed by atoms with E-state index >= 15 is 4.39 Å². The van der Waals surface area contributed by atoms with E-state index < -0.39 is 0 Å². The zero-order chi connectivity index (χ0) is 26.7. The molecule has 0 bridgehead atoms. The second-order valence-corrected chi connectivity index (χ2v) is 10.00. The summed E-state index contributed by atoms with van der Waals surface area (Å²) < 4.78 is 15.9. The number of hydrogen-bond donors (Lipinski definition) is 0. The minimum Gasteiger partial charge on any atom is -0.206 e. The van der Waals surface area contributed by atoms with Gasteiger partial charge in [-0.3, -0.25) is 0 Å². The van der Waals surface area contributed by atoms with Crippen LogP contribution in [0.4, 0.5) is 4.39 Å². The van der Waals surface area contributed by atoms with Crippen LogP contribution in [0.3, 0.4) is 0 Å². The van der Waals surface area contributed by atoms with E-state index in [4.69, 9.17) is 0 Å². The largest absolute Gasteiger partial charge is 0.206 e. The third-order valence-corrected chi connectivity index (χ3v) is 7.79. The number of aryl methyl sites for hydroxylation is 1. The lowest BCUT2D eigenvalue weighted by molar-refractivity contribution is 0.631. The zero-order valence-electron chi connectivity index (χ0n) is 21.7. The van der Waals surface area contributed by atoms with Crippen LogP contribution in [0.25, 0.3) is 69.2 Å². The standard InChI is InChI=1S/C35H31FS/c1-8-23-15-14-16-30(25(23)9-2)34-26(10-3)28(12-5)35(29(13-6)27(34)11-4)31-19-18-24(21-32(31)36)33-20-17-22(7)37-33/h8-21H,1-3,5H2,4,6-7H3/b27-11+,29-13+. The maximum atomic E-state index is 15.9. The van der Waals surface area contributed by atoms with E-state index in [2.05, 4.69) is 57.5 Å².